The molecular weight excluding hydrogens is 380 g/mol. The number of carbonyl (C=O) groups excluding carboxylic acids is 1. The van der Waals surface area contributed by atoms with Crippen molar-refractivity contribution in [2.75, 3.05) is 24.5 Å². The number of benzene rings is 1. The molecule has 0 atom stereocenters. The van der Waals surface area contributed by atoms with Crippen molar-refractivity contribution < 1.29 is 4.79 Å². The molecule has 0 aliphatic carbocycles. The van der Waals surface area contributed by atoms with Crippen LogP contribution in [-0.2, 0) is 5.75 Å². The maximum absolute atomic E-state index is 12.0. The highest BCUT2D eigenvalue weighted by Gasteiger charge is 2.14. The number of nitrogens with one attached hydrogen (secondary N) is 1. The maximum atomic E-state index is 12.0. The SMILES string of the molecule is CCCNC(=O)c1ccc(CSc2nc(Cl)cc(N3CCCCC3)n2)cc1. The molecule has 27 heavy (non-hydrogen) atoms. The van der Waals surface area contributed by atoms with Gasteiger partial charge in [0.2, 0.25) is 0 Å². The summed E-state index contributed by atoms with van der Waals surface area (Å²) in [6.45, 7) is 4.79. The summed E-state index contributed by atoms with van der Waals surface area (Å²) < 4.78 is 0. The Morgan fingerprint density at radius 3 is 2.63 bits per heavy atom. The molecular formula is C20H25ClN4OS. The van der Waals surface area contributed by atoms with Crippen molar-refractivity contribution in [3.8, 4) is 0 Å². The van der Waals surface area contributed by atoms with Crippen LogP contribution < -0.4 is 10.2 Å². The van der Waals surface area contributed by atoms with E-state index in [1.165, 1.54) is 19.3 Å². The zero-order valence-corrected chi connectivity index (χ0v) is 17.2. The second-order valence-electron chi connectivity index (χ2n) is 6.62. The number of hydrogen-bond donors (Lipinski definition) is 1. The number of anilines is 1. The molecule has 1 aliphatic heterocycles. The van der Waals surface area contributed by atoms with Crippen LogP contribution in [0.15, 0.2) is 35.5 Å². The molecule has 2 aromatic rings. The molecule has 1 amide bonds. The molecule has 0 unspecified atom stereocenters. The molecule has 0 bridgehead atoms. The second kappa shape index (κ2) is 9.95. The minimum absolute atomic E-state index is 0.0274. The highest BCUT2D eigenvalue weighted by molar-refractivity contribution is 7.98. The van der Waals surface area contributed by atoms with Gasteiger partial charge in [0.25, 0.3) is 5.91 Å². The first kappa shape index (κ1) is 20.0. The van der Waals surface area contributed by atoms with Crippen molar-refractivity contribution in [3.63, 3.8) is 0 Å². The highest BCUT2D eigenvalue weighted by atomic mass is 35.5. The Labute approximate surface area is 169 Å². The van der Waals surface area contributed by atoms with Crippen LogP contribution in [0.25, 0.3) is 0 Å². The van der Waals surface area contributed by atoms with Crippen molar-refractivity contribution >= 4 is 35.1 Å². The number of halogens is 1. The minimum Gasteiger partial charge on any atom is -0.356 e. The maximum Gasteiger partial charge on any atom is 0.251 e. The van der Waals surface area contributed by atoms with Gasteiger partial charge in [-0.15, -0.1) is 0 Å². The van der Waals surface area contributed by atoms with Crippen molar-refractivity contribution in [1.29, 1.82) is 0 Å². The summed E-state index contributed by atoms with van der Waals surface area (Å²) in [5.41, 5.74) is 1.80. The van der Waals surface area contributed by atoms with Crippen molar-refractivity contribution in [3.05, 3.63) is 46.6 Å². The van der Waals surface area contributed by atoms with E-state index in [-0.39, 0.29) is 5.91 Å². The summed E-state index contributed by atoms with van der Waals surface area (Å²) in [5.74, 6) is 1.62. The van der Waals surface area contributed by atoms with Crippen LogP contribution in [-0.4, -0.2) is 35.5 Å². The Bertz CT molecular complexity index is 763. The lowest BCUT2D eigenvalue weighted by Gasteiger charge is -2.27. The van der Waals surface area contributed by atoms with Crippen molar-refractivity contribution in [2.24, 2.45) is 0 Å². The van der Waals surface area contributed by atoms with Gasteiger partial charge < -0.3 is 10.2 Å². The Morgan fingerprint density at radius 2 is 1.93 bits per heavy atom. The van der Waals surface area contributed by atoms with Crippen molar-refractivity contribution in [2.45, 2.75) is 43.5 Å². The number of nitrogens with zero attached hydrogens (tertiary/aromatic N) is 3. The second-order valence-corrected chi connectivity index (χ2v) is 7.95. The average Bonchev–Trinajstić information content (AvgIpc) is 2.71. The molecule has 7 heteroatoms. The average molecular weight is 405 g/mol. The molecule has 5 nitrogen and oxygen atoms in total. The molecule has 0 spiro atoms. The third-order valence-corrected chi connectivity index (χ3v) is 5.57. The number of rotatable bonds is 7. The van der Waals surface area contributed by atoms with E-state index in [9.17, 15) is 4.79 Å². The van der Waals surface area contributed by atoms with E-state index in [1.807, 2.05) is 37.3 Å². The molecule has 1 aliphatic rings. The van der Waals surface area contributed by atoms with Crippen molar-refractivity contribution in [1.82, 2.24) is 15.3 Å². The van der Waals surface area contributed by atoms with Crippen LogP contribution in [0.2, 0.25) is 5.15 Å². The number of aromatic nitrogens is 2. The standard InChI is InChI=1S/C20H25ClN4OS/c1-2-10-22-19(26)16-8-6-15(7-9-16)14-27-20-23-17(21)13-18(24-20)25-11-4-3-5-12-25/h6-9,13H,2-5,10-12,14H2,1H3,(H,22,26). The van der Waals surface area contributed by atoms with Gasteiger partial charge in [-0.05, 0) is 43.4 Å². The third kappa shape index (κ3) is 5.84. The molecule has 0 radical (unpaired) electrons. The largest absolute Gasteiger partial charge is 0.356 e. The predicted molar refractivity (Wildman–Crippen MR) is 112 cm³/mol. The summed E-state index contributed by atoms with van der Waals surface area (Å²) in [7, 11) is 0. The molecule has 2 heterocycles. The van der Waals surface area contributed by atoms with Crippen LogP contribution in [0, 0.1) is 0 Å². The van der Waals surface area contributed by atoms with Gasteiger partial charge in [-0.2, -0.15) is 0 Å². The van der Waals surface area contributed by atoms with Crippen LogP contribution in [0.1, 0.15) is 48.5 Å². The van der Waals surface area contributed by atoms with E-state index in [0.29, 0.717) is 22.4 Å². The Morgan fingerprint density at radius 1 is 1.19 bits per heavy atom. The third-order valence-electron chi connectivity index (χ3n) is 4.46. The summed E-state index contributed by atoms with van der Waals surface area (Å²) in [5, 5.41) is 4.06. The first-order valence-electron chi connectivity index (χ1n) is 9.45. The van der Waals surface area contributed by atoms with Crippen LogP contribution in [0.4, 0.5) is 5.82 Å². The summed E-state index contributed by atoms with van der Waals surface area (Å²) in [6, 6.07) is 9.52. The summed E-state index contributed by atoms with van der Waals surface area (Å²) >= 11 is 7.77. The van der Waals surface area contributed by atoms with E-state index in [4.69, 9.17) is 11.6 Å². The topological polar surface area (TPSA) is 58.1 Å². The van der Waals surface area contributed by atoms with E-state index < -0.39 is 0 Å². The van der Waals surface area contributed by atoms with Crippen LogP contribution in [0.5, 0.6) is 0 Å². The highest BCUT2D eigenvalue weighted by Crippen LogP contribution is 2.26. The fraction of sp³-hybridized carbons (Fsp3) is 0.450. The van der Waals surface area contributed by atoms with Crippen LogP contribution in [0.3, 0.4) is 0 Å². The molecule has 1 aromatic carbocycles. The fourth-order valence-corrected chi connectivity index (χ4v) is 4.01. The Kier molecular flexibility index (Phi) is 7.35. The minimum atomic E-state index is -0.0274. The number of carbonyl (C=O) groups is 1. The van der Waals surface area contributed by atoms with Gasteiger partial charge >= 0.3 is 0 Å². The molecule has 1 N–H and O–H groups in total. The van der Waals surface area contributed by atoms with Gasteiger partial charge in [0.15, 0.2) is 5.16 Å². The monoisotopic (exact) mass is 404 g/mol. The molecule has 1 saturated heterocycles. The van der Waals surface area contributed by atoms with Gasteiger partial charge in [0, 0.05) is 37.0 Å². The summed E-state index contributed by atoms with van der Waals surface area (Å²) in [4.78, 5) is 23.3. The van der Waals surface area contributed by atoms with Gasteiger partial charge in [-0.3, -0.25) is 4.79 Å². The predicted octanol–water partition coefficient (Wildman–Crippen LogP) is 4.55. The fourth-order valence-electron chi connectivity index (χ4n) is 2.98. The quantitative estimate of drug-likeness (QED) is 0.416. The zero-order valence-electron chi connectivity index (χ0n) is 15.6. The van der Waals surface area contributed by atoms with Gasteiger partial charge in [0.1, 0.15) is 11.0 Å². The van der Waals surface area contributed by atoms with E-state index in [1.54, 1.807) is 11.8 Å². The normalized spacial score (nSPS) is 14.2. The molecule has 144 valence electrons. The summed E-state index contributed by atoms with van der Waals surface area (Å²) in [6.07, 6.45) is 4.60. The van der Waals surface area contributed by atoms with Gasteiger partial charge in [-0.25, -0.2) is 9.97 Å². The number of hydrogen-bond acceptors (Lipinski definition) is 5. The zero-order chi connectivity index (χ0) is 19.1. The lowest BCUT2D eigenvalue weighted by atomic mass is 10.1. The first-order valence-corrected chi connectivity index (χ1v) is 10.8. The smallest absolute Gasteiger partial charge is 0.251 e. The number of amides is 1. The lowest BCUT2D eigenvalue weighted by molar-refractivity contribution is 0.0953. The van der Waals surface area contributed by atoms with E-state index in [0.717, 1.165) is 36.6 Å². The Balaban J connectivity index is 1.61. The Hall–Kier alpha value is -1.79. The van der Waals surface area contributed by atoms with Gasteiger partial charge in [0.05, 0.1) is 0 Å². The number of thioether (sulfide) groups is 1. The molecule has 0 saturated carbocycles. The van der Waals surface area contributed by atoms with E-state index in [2.05, 4.69) is 20.2 Å². The van der Waals surface area contributed by atoms with Gasteiger partial charge in [-0.1, -0.05) is 42.4 Å². The lowest BCUT2D eigenvalue weighted by Crippen LogP contribution is -2.30. The van der Waals surface area contributed by atoms with Crippen LogP contribution >= 0.6 is 23.4 Å². The first-order chi connectivity index (χ1) is 13.2. The molecule has 1 fully saturated rings. The molecule has 1 aromatic heterocycles. The van der Waals surface area contributed by atoms with E-state index >= 15 is 0 Å². The number of piperidine rings is 1. The molecule has 3 rings (SSSR count).